The fraction of sp³-hybridized carbons (Fsp3) is 0.368. The van der Waals surface area contributed by atoms with Crippen LogP contribution in [0.3, 0.4) is 0 Å². The third-order valence-corrected chi connectivity index (χ3v) is 4.31. The van der Waals surface area contributed by atoms with Crippen molar-refractivity contribution in [1.29, 1.82) is 0 Å². The Morgan fingerprint density at radius 1 is 1.00 bits per heavy atom. The molecule has 0 aliphatic heterocycles. The van der Waals surface area contributed by atoms with Gasteiger partial charge in [-0.2, -0.15) is 0 Å². The van der Waals surface area contributed by atoms with Crippen LogP contribution in [0.4, 0.5) is 0 Å². The molecule has 2 aromatic rings. The molecule has 0 aliphatic rings. The highest BCUT2D eigenvalue weighted by Gasteiger charge is 2.18. The van der Waals surface area contributed by atoms with Crippen molar-refractivity contribution in [1.82, 2.24) is 0 Å². The van der Waals surface area contributed by atoms with Gasteiger partial charge in [-0.1, -0.05) is 69.3 Å². The molecule has 1 unspecified atom stereocenters. The fourth-order valence-electron chi connectivity index (χ4n) is 2.46. The first-order valence-corrected chi connectivity index (χ1v) is 7.41. The van der Waals surface area contributed by atoms with Gasteiger partial charge in [0, 0.05) is 6.04 Å². The molecule has 0 aliphatic carbocycles. The standard InChI is InChI=1S/C19H25N/c1-5-19(3,4)16-12-10-15(11-13-16)18-9-7-6-8-17(18)14(2)20/h6-14H,5,20H2,1-4H3. The van der Waals surface area contributed by atoms with E-state index in [9.17, 15) is 0 Å². The number of nitrogens with two attached hydrogens (primary N) is 1. The topological polar surface area (TPSA) is 26.0 Å². The zero-order chi connectivity index (χ0) is 14.8. The molecular formula is C19H25N. The lowest BCUT2D eigenvalue weighted by atomic mass is 9.81. The third kappa shape index (κ3) is 2.94. The summed E-state index contributed by atoms with van der Waals surface area (Å²) >= 11 is 0. The number of hydrogen-bond acceptors (Lipinski definition) is 1. The molecular weight excluding hydrogens is 242 g/mol. The predicted molar refractivity (Wildman–Crippen MR) is 87.8 cm³/mol. The van der Waals surface area contributed by atoms with Crippen molar-refractivity contribution in [3.63, 3.8) is 0 Å². The van der Waals surface area contributed by atoms with Gasteiger partial charge in [0.2, 0.25) is 0 Å². The first kappa shape index (κ1) is 14.8. The zero-order valence-electron chi connectivity index (χ0n) is 13.0. The van der Waals surface area contributed by atoms with Gasteiger partial charge in [-0.05, 0) is 41.0 Å². The van der Waals surface area contributed by atoms with E-state index in [1.54, 1.807) is 0 Å². The van der Waals surface area contributed by atoms with Crippen molar-refractivity contribution in [2.45, 2.75) is 45.6 Å². The van der Waals surface area contributed by atoms with Crippen LogP contribution in [0.1, 0.15) is 51.3 Å². The van der Waals surface area contributed by atoms with E-state index in [0.29, 0.717) is 0 Å². The van der Waals surface area contributed by atoms with Crippen molar-refractivity contribution in [2.75, 3.05) is 0 Å². The molecule has 106 valence electrons. The van der Waals surface area contributed by atoms with Gasteiger partial charge in [0.1, 0.15) is 0 Å². The minimum Gasteiger partial charge on any atom is -0.324 e. The Labute approximate surface area is 122 Å². The van der Waals surface area contributed by atoms with Gasteiger partial charge < -0.3 is 5.73 Å². The van der Waals surface area contributed by atoms with Crippen molar-refractivity contribution >= 4 is 0 Å². The minimum absolute atomic E-state index is 0.0537. The van der Waals surface area contributed by atoms with Gasteiger partial charge in [-0.15, -0.1) is 0 Å². The first-order chi connectivity index (χ1) is 9.45. The van der Waals surface area contributed by atoms with Crippen LogP contribution in [0.2, 0.25) is 0 Å². The first-order valence-electron chi connectivity index (χ1n) is 7.41. The lowest BCUT2D eigenvalue weighted by molar-refractivity contribution is 0.506. The third-order valence-electron chi connectivity index (χ3n) is 4.31. The Hall–Kier alpha value is -1.60. The smallest absolute Gasteiger partial charge is 0.0272 e. The highest BCUT2D eigenvalue weighted by atomic mass is 14.6. The molecule has 0 saturated carbocycles. The molecule has 20 heavy (non-hydrogen) atoms. The summed E-state index contributed by atoms with van der Waals surface area (Å²) in [5, 5.41) is 0. The Kier molecular flexibility index (Phi) is 4.29. The largest absolute Gasteiger partial charge is 0.324 e. The number of rotatable bonds is 4. The van der Waals surface area contributed by atoms with Crippen LogP contribution >= 0.6 is 0 Å². The maximum Gasteiger partial charge on any atom is 0.0272 e. The normalized spacial score (nSPS) is 13.2. The van der Waals surface area contributed by atoms with Crippen LogP contribution in [0, 0.1) is 0 Å². The van der Waals surface area contributed by atoms with Gasteiger partial charge in [0.25, 0.3) is 0 Å². The van der Waals surface area contributed by atoms with E-state index >= 15 is 0 Å². The number of hydrogen-bond donors (Lipinski definition) is 1. The fourth-order valence-corrected chi connectivity index (χ4v) is 2.46. The van der Waals surface area contributed by atoms with Gasteiger partial charge in [0.05, 0.1) is 0 Å². The van der Waals surface area contributed by atoms with E-state index in [-0.39, 0.29) is 11.5 Å². The molecule has 0 spiro atoms. The SMILES string of the molecule is CCC(C)(C)c1ccc(-c2ccccc2C(C)N)cc1. The Morgan fingerprint density at radius 2 is 1.60 bits per heavy atom. The monoisotopic (exact) mass is 267 g/mol. The molecule has 0 radical (unpaired) electrons. The van der Waals surface area contributed by atoms with Crippen molar-refractivity contribution < 1.29 is 0 Å². The molecule has 2 rings (SSSR count). The van der Waals surface area contributed by atoms with E-state index in [1.807, 2.05) is 6.92 Å². The van der Waals surface area contributed by atoms with E-state index < -0.39 is 0 Å². The quantitative estimate of drug-likeness (QED) is 0.823. The lowest BCUT2D eigenvalue weighted by Crippen LogP contribution is -2.15. The van der Waals surface area contributed by atoms with Crippen molar-refractivity contribution in [3.8, 4) is 11.1 Å². The second kappa shape index (κ2) is 5.80. The van der Waals surface area contributed by atoms with E-state index in [0.717, 1.165) is 6.42 Å². The van der Waals surface area contributed by atoms with E-state index in [4.69, 9.17) is 5.73 Å². The molecule has 2 aromatic carbocycles. The summed E-state index contributed by atoms with van der Waals surface area (Å²) in [6.07, 6.45) is 1.14. The zero-order valence-corrected chi connectivity index (χ0v) is 13.0. The molecule has 0 bridgehead atoms. The summed E-state index contributed by atoms with van der Waals surface area (Å²) in [5.41, 5.74) is 11.4. The molecule has 1 heteroatoms. The molecule has 0 aromatic heterocycles. The van der Waals surface area contributed by atoms with Crippen LogP contribution in [-0.4, -0.2) is 0 Å². The van der Waals surface area contributed by atoms with Gasteiger partial charge >= 0.3 is 0 Å². The summed E-state index contributed by atoms with van der Waals surface area (Å²) in [7, 11) is 0. The second-order valence-corrected chi connectivity index (χ2v) is 6.19. The predicted octanol–water partition coefficient (Wildman–Crippen LogP) is 5.06. The summed E-state index contributed by atoms with van der Waals surface area (Å²) in [5.74, 6) is 0. The molecule has 1 nitrogen and oxygen atoms in total. The molecule has 0 amide bonds. The summed E-state index contributed by atoms with van der Waals surface area (Å²) in [6, 6.07) is 17.4. The summed E-state index contributed by atoms with van der Waals surface area (Å²) in [6.45, 7) is 8.85. The highest BCUT2D eigenvalue weighted by Crippen LogP contribution is 2.31. The van der Waals surface area contributed by atoms with Crippen molar-refractivity contribution in [3.05, 3.63) is 59.7 Å². The maximum absolute atomic E-state index is 6.07. The van der Waals surface area contributed by atoms with Crippen LogP contribution in [-0.2, 0) is 5.41 Å². The average Bonchev–Trinajstić information content (AvgIpc) is 2.47. The van der Waals surface area contributed by atoms with E-state index in [1.165, 1.54) is 22.3 Å². The molecule has 0 heterocycles. The Morgan fingerprint density at radius 3 is 2.15 bits per heavy atom. The molecule has 1 atom stereocenters. The lowest BCUT2D eigenvalue weighted by Gasteiger charge is -2.23. The van der Waals surface area contributed by atoms with Crippen LogP contribution < -0.4 is 5.73 Å². The van der Waals surface area contributed by atoms with Gasteiger partial charge in [-0.25, -0.2) is 0 Å². The Balaban J connectivity index is 2.41. The van der Waals surface area contributed by atoms with Crippen LogP contribution in [0.15, 0.2) is 48.5 Å². The van der Waals surface area contributed by atoms with Crippen LogP contribution in [0.5, 0.6) is 0 Å². The molecule has 0 fully saturated rings. The van der Waals surface area contributed by atoms with Gasteiger partial charge in [0.15, 0.2) is 0 Å². The van der Waals surface area contributed by atoms with E-state index in [2.05, 4.69) is 69.3 Å². The second-order valence-electron chi connectivity index (χ2n) is 6.19. The minimum atomic E-state index is 0.0537. The van der Waals surface area contributed by atoms with Crippen molar-refractivity contribution in [2.24, 2.45) is 5.73 Å². The average molecular weight is 267 g/mol. The highest BCUT2D eigenvalue weighted by molar-refractivity contribution is 5.68. The maximum atomic E-state index is 6.07. The molecule has 0 saturated heterocycles. The van der Waals surface area contributed by atoms with Crippen LogP contribution in [0.25, 0.3) is 11.1 Å². The van der Waals surface area contributed by atoms with Gasteiger partial charge in [-0.3, -0.25) is 0 Å². The summed E-state index contributed by atoms with van der Waals surface area (Å²) in [4.78, 5) is 0. The molecule has 2 N–H and O–H groups in total. The Bertz CT molecular complexity index is 565. The number of benzene rings is 2. The summed E-state index contributed by atoms with van der Waals surface area (Å²) < 4.78 is 0.